The Morgan fingerprint density at radius 1 is 1.04 bits per heavy atom. The minimum atomic E-state index is -0.694. The molecule has 0 spiro atoms. The van der Waals surface area contributed by atoms with Crippen molar-refractivity contribution in [3.05, 3.63) is 0 Å². The first kappa shape index (κ1) is 21.8. The summed E-state index contributed by atoms with van der Waals surface area (Å²) in [6.07, 6.45) is 6.25. The first-order valence-electron chi connectivity index (χ1n) is 9.37. The van der Waals surface area contributed by atoms with Crippen LogP contribution < -0.4 is 22.1 Å². The Labute approximate surface area is 150 Å². The van der Waals surface area contributed by atoms with Crippen molar-refractivity contribution in [2.45, 2.75) is 51.2 Å². The van der Waals surface area contributed by atoms with Crippen LogP contribution in [-0.4, -0.2) is 57.5 Å². The molecule has 146 valence electrons. The van der Waals surface area contributed by atoms with E-state index in [0.717, 1.165) is 45.1 Å². The second kappa shape index (κ2) is 14.0. The number of unbranched alkanes of at least 4 members (excludes halogenated alkanes) is 2. The van der Waals surface area contributed by atoms with Crippen LogP contribution in [0.4, 0.5) is 0 Å². The third-order valence-electron chi connectivity index (χ3n) is 4.10. The Hall–Kier alpha value is -1.22. The van der Waals surface area contributed by atoms with E-state index in [1.165, 1.54) is 0 Å². The molecule has 1 heterocycles. The molecule has 1 fully saturated rings. The highest BCUT2D eigenvalue weighted by molar-refractivity contribution is 6.00. The van der Waals surface area contributed by atoms with Gasteiger partial charge in [0.05, 0.1) is 0 Å². The molecule has 1 atom stereocenters. The Morgan fingerprint density at radius 3 is 2.28 bits per heavy atom. The minimum absolute atomic E-state index is 0.0643. The Kier molecular flexibility index (Phi) is 12.2. The van der Waals surface area contributed by atoms with E-state index in [4.69, 9.17) is 20.9 Å². The van der Waals surface area contributed by atoms with Gasteiger partial charge >= 0.3 is 0 Å². The monoisotopic (exact) mass is 358 g/mol. The number of rotatable bonds is 13. The molecule has 25 heavy (non-hydrogen) atoms. The van der Waals surface area contributed by atoms with Crippen molar-refractivity contribution in [1.29, 1.82) is 0 Å². The van der Waals surface area contributed by atoms with Gasteiger partial charge in [-0.3, -0.25) is 9.59 Å². The molecule has 8 heteroatoms. The average molecular weight is 358 g/mol. The van der Waals surface area contributed by atoms with Crippen molar-refractivity contribution in [1.82, 2.24) is 10.6 Å². The van der Waals surface area contributed by atoms with E-state index in [-0.39, 0.29) is 18.1 Å². The highest BCUT2D eigenvalue weighted by atomic mass is 16.7. The van der Waals surface area contributed by atoms with Gasteiger partial charge in [-0.2, -0.15) is 0 Å². The van der Waals surface area contributed by atoms with Crippen LogP contribution in [0.3, 0.4) is 0 Å². The molecule has 2 amide bonds. The molecule has 1 rings (SSSR count). The molecule has 1 unspecified atom stereocenters. The molecular weight excluding hydrogens is 324 g/mol. The van der Waals surface area contributed by atoms with Gasteiger partial charge in [0.2, 0.25) is 11.8 Å². The molecule has 1 aliphatic rings. The molecule has 1 saturated heterocycles. The Bertz CT molecular complexity index is 356. The summed E-state index contributed by atoms with van der Waals surface area (Å²) in [7, 11) is 0. The van der Waals surface area contributed by atoms with Crippen LogP contribution in [0.1, 0.15) is 44.9 Å². The third kappa shape index (κ3) is 9.74. The molecule has 8 nitrogen and oxygen atoms in total. The molecule has 1 aliphatic heterocycles. The Morgan fingerprint density at radius 2 is 1.72 bits per heavy atom. The topological polar surface area (TPSA) is 129 Å². The van der Waals surface area contributed by atoms with Gasteiger partial charge in [-0.25, -0.2) is 0 Å². The number of hydrogen-bond acceptors (Lipinski definition) is 6. The SMILES string of the molecule is NCCNC(=O)C(CCCCCOC1CCCCO1)C(=O)NCCN. The van der Waals surface area contributed by atoms with Gasteiger partial charge < -0.3 is 31.6 Å². The molecule has 6 N–H and O–H groups in total. The molecule has 0 radical (unpaired) electrons. The second-order valence-electron chi connectivity index (χ2n) is 6.23. The normalized spacial score (nSPS) is 17.5. The van der Waals surface area contributed by atoms with Crippen molar-refractivity contribution < 1.29 is 19.1 Å². The van der Waals surface area contributed by atoms with Gasteiger partial charge in [-0.1, -0.05) is 12.8 Å². The van der Waals surface area contributed by atoms with E-state index in [1.807, 2.05) is 0 Å². The lowest BCUT2D eigenvalue weighted by atomic mass is 9.99. The van der Waals surface area contributed by atoms with E-state index in [2.05, 4.69) is 10.6 Å². The molecule has 0 aliphatic carbocycles. The average Bonchev–Trinajstić information content (AvgIpc) is 2.64. The Balaban J connectivity index is 2.23. The van der Waals surface area contributed by atoms with E-state index >= 15 is 0 Å². The lowest BCUT2D eigenvalue weighted by Gasteiger charge is -2.22. The molecule has 0 aromatic rings. The van der Waals surface area contributed by atoms with E-state index in [1.54, 1.807) is 0 Å². The smallest absolute Gasteiger partial charge is 0.232 e. The summed E-state index contributed by atoms with van der Waals surface area (Å²) in [5.41, 5.74) is 10.8. The molecular formula is C17H34N4O4. The van der Waals surface area contributed by atoms with E-state index in [9.17, 15) is 9.59 Å². The highest BCUT2D eigenvalue weighted by Crippen LogP contribution is 2.15. The van der Waals surface area contributed by atoms with Crippen molar-refractivity contribution in [3.63, 3.8) is 0 Å². The van der Waals surface area contributed by atoms with Gasteiger partial charge in [0, 0.05) is 39.4 Å². The quantitative estimate of drug-likeness (QED) is 0.268. The molecule has 0 aromatic heterocycles. The van der Waals surface area contributed by atoms with E-state index < -0.39 is 5.92 Å². The van der Waals surface area contributed by atoms with Crippen LogP contribution in [0.25, 0.3) is 0 Å². The maximum atomic E-state index is 12.1. The minimum Gasteiger partial charge on any atom is -0.354 e. The largest absolute Gasteiger partial charge is 0.354 e. The maximum absolute atomic E-state index is 12.1. The number of ether oxygens (including phenoxy) is 2. The molecule has 0 bridgehead atoms. The third-order valence-corrected chi connectivity index (χ3v) is 4.10. The van der Waals surface area contributed by atoms with Crippen LogP contribution in [0.5, 0.6) is 0 Å². The number of hydrogen-bond donors (Lipinski definition) is 4. The molecule has 0 aromatic carbocycles. The number of amides is 2. The number of nitrogens with two attached hydrogens (primary N) is 2. The van der Waals surface area contributed by atoms with Gasteiger partial charge in [-0.05, 0) is 32.1 Å². The summed E-state index contributed by atoms with van der Waals surface area (Å²) in [5, 5.41) is 5.38. The summed E-state index contributed by atoms with van der Waals surface area (Å²) in [4.78, 5) is 24.3. The van der Waals surface area contributed by atoms with Crippen molar-refractivity contribution in [2.24, 2.45) is 17.4 Å². The number of carbonyl (C=O) groups is 2. The van der Waals surface area contributed by atoms with Gasteiger partial charge in [0.25, 0.3) is 0 Å². The fourth-order valence-corrected chi connectivity index (χ4v) is 2.70. The van der Waals surface area contributed by atoms with Crippen LogP contribution >= 0.6 is 0 Å². The maximum Gasteiger partial charge on any atom is 0.232 e. The van der Waals surface area contributed by atoms with Crippen LogP contribution in [0.2, 0.25) is 0 Å². The summed E-state index contributed by atoms with van der Waals surface area (Å²) < 4.78 is 11.2. The highest BCUT2D eigenvalue weighted by Gasteiger charge is 2.25. The zero-order valence-corrected chi connectivity index (χ0v) is 15.1. The van der Waals surface area contributed by atoms with Gasteiger partial charge in [0.15, 0.2) is 6.29 Å². The fourth-order valence-electron chi connectivity index (χ4n) is 2.70. The summed E-state index contributed by atoms with van der Waals surface area (Å²) in [6.45, 7) is 2.87. The second-order valence-corrected chi connectivity index (χ2v) is 6.23. The summed E-state index contributed by atoms with van der Waals surface area (Å²) >= 11 is 0. The summed E-state index contributed by atoms with van der Waals surface area (Å²) in [6, 6.07) is 0. The first-order chi connectivity index (χ1) is 12.2. The number of nitrogens with one attached hydrogen (secondary N) is 2. The fraction of sp³-hybridized carbons (Fsp3) is 0.882. The summed E-state index contributed by atoms with van der Waals surface area (Å²) in [5.74, 6) is -1.24. The molecule has 0 saturated carbocycles. The van der Waals surface area contributed by atoms with Crippen LogP contribution in [0.15, 0.2) is 0 Å². The zero-order chi connectivity index (χ0) is 18.3. The lowest BCUT2D eigenvalue weighted by Crippen LogP contribution is -2.43. The van der Waals surface area contributed by atoms with E-state index in [0.29, 0.717) is 39.2 Å². The predicted molar refractivity (Wildman–Crippen MR) is 95.6 cm³/mol. The van der Waals surface area contributed by atoms with Crippen LogP contribution in [0, 0.1) is 5.92 Å². The first-order valence-corrected chi connectivity index (χ1v) is 9.37. The van der Waals surface area contributed by atoms with Crippen molar-refractivity contribution >= 4 is 11.8 Å². The predicted octanol–water partition coefficient (Wildman–Crippen LogP) is -0.144. The van der Waals surface area contributed by atoms with Crippen LogP contribution in [-0.2, 0) is 19.1 Å². The lowest BCUT2D eigenvalue weighted by molar-refractivity contribution is -0.162. The standard InChI is InChI=1S/C17H34N4O4/c18-8-10-20-16(22)14(17(23)21-11-9-19)6-2-1-4-12-24-15-7-3-5-13-25-15/h14-15H,1-13,18-19H2,(H,20,22)(H,21,23). The van der Waals surface area contributed by atoms with Gasteiger partial charge in [-0.15, -0.1) is 0 Å². The van der Waals surface area contributed by atoms with Gasteiger partial charge in [0.1, 0.15) is 5.92 Å². The van der Waals surface area contributed by atoms with Crippen molar-refractivity contribution in [2.75, 3.05) is 39.4 Å². The van der Waals surface area contributed by atoms with Crippen molar-refractivity contribution in [3.8, 4) is 0 Å². The number of carbonyl (C=O) groups excluding carboxylic acids is 2. The zero-order valence-electron chi connectivity index (χ0n) is 15.1.